The summed E-state index contributed by atoms with van der Waals surface area (Å²) in [5, 5.41) is 13.0. The standard InChI is InChI=1S/C8H11N5/c1-4-5(2)10-11-8-6(4)7(9)12-13(8)3/h1-3H3,(H2,9,12). The number of aryl methyl sites for hydroxylation is 3. The molecule has 68 valence electrons. The Balaban J connectivity index is 2.98. The average Bonchev–Trinajstić information content (AvgIpc) is 2.35. The molecule has 0 fully saturated rings. The Morgan fingerprint density at radius 2 is 1.92 bits per heavy atom. The highest BCUT2D eigenvalue weighted by molar-refractivity contribution is 5.89. The number of nitrogens with two attached hydrogens (primary N) is 1. The van der Waals surface area contributed by atoms with E-state index in [9.17, 15) is 0 Å². The van der Waals surface area contributed by atoms with E-state index in [1.165, 1.54) is 0 Å². The van der Waals surface area contributed by atoms with E-state index in [4.69, 9.17) is 5.73 Å². The van der Waals surface area contributed by atoms with Crippen LogP contribution in [-0.4, -0.2) is 20.0 Å². The fourth-order valence-corrected chi connectivity index (χ4v) is 1.39. The molecule has 2 rings (SSSR count). The Kier molecular flexibility index (Phi) is 1.48. The van der Waals surface area contributed by atoms with Gasteiger partial charge in [0.05, 0.1) is 11.1 Å². The smallest absolute Gasteiger partial charge is 0.182 e. The van der Waals surface area contributed by atoms with Gasteiger partial charge in [-0.1, -0.05) is 0 Å². The molecule has 0 aliphatic carbocycles. The summed E-state index contributed by atoms with van der Waals surface area (Å²) in [4.78, 5) is 0. The summed E-state index contributed by atoms with van der Waals surface area (Å²) < 4.78 is 1.64. The van der Waals surface area contributed by atoms with Gasteiger partial charge in [-0.05, 0) is 19.4 Å². The van der Waals surface area contributed by atoms with Crippen LogP contribution in [0.2, 0.25) is 0 Å². The molecule has 2 aromatic rings. The summed E-state index contributed by atoms with van der Waals surface area (Å²) >= 11 is 0. The van der Waals surface area contributed by atoms with Gasteiger partial charge >= 0.3 is 0 Å². The Morgan fingerprint density at radius 1 is 1.23 bits per heavy atom. The van der Waals surface area contributed by atoms with Crippen molar-refractivity contribution in [3.63, 3.8) is 0 Å². The van der Waals surface area contributed by atoms with Crippen LogP contribution < -0.4 is 5.73 Å². The first-order chi connectivity index (χ1) is 6.11. The van der Waals surface area contributed by atoms with Crippen molar-refractivity contribution < 1.29 is 0 Å². The quantitative estimate of drug-likeness (QED) is 0.638. The van der Waals surface area contributed by atoms with E-state index >= 15 is 0 Å². The third-order valence-electron chi connectivity index (χ3n) is 2.26. The molecule has 0 aromatic carbocycles. The molecule has 0 radical (unpaired) electrons. The molecule has 0 amide bonds. The molecule has 5 nitrogen and oxygen atoms in total. The molecule has 0 saturated carbocycles. The van der Waals surface area contributed by atoms with Gasteiger partial charge in [0.15, 0.2) is 11.5 Å². The van der Waals surface area contributed by atoms with Crippen LogP contribution in [0.4, 0.5) is 5.82 Å². The lowest BCUT2D eigenvalue weighted by Crippen LogP contribution is -1.96. The summed E-state index contributed by atoms with van der Waals surface area (Å²) in [7, 11) is 1.81. The molecular formula is C8H11N5. The van der Waals surface area contributed by atoms with Crippen molar-refractivity contribution in [2.45, 2.75) is 13.8 Å². The highest BCUT2D eigenvalue weighted by Gasteiger charge is 2.11. The normalized spacial score (nSPS) is 11.0. The second-order valence-corrected chi connectivity index (χ2v) is 3.12. The zero-order chi connectivity index (χ0) is 9.59. The largest absolute Gasteiger partial charge is 0.382 e. The van der Waals surface area contributed by atoms with Crippen LogP contribution in [0, 0.1) is 13.8 Å². The van der Waals surface area contributed by atoms with Crippen molar-refractivity contribution in [3.05, 3.63) is 11.3 Å². The van der Waals surface area contributed by atoms with Crippen molar-refractivity contribution >= 4 is 16.9 Å². The van der Waals surface area contributed by atoms with Gasteiger partial charge in [-0.3, -0.25) is 0 Å². The topological polar surface area (TPSA) is 69.6 Å². The van der Waals surface area contributed by atoms with Gasteiger partial charge in [-0.2, -0.15) is 10.2 Å². The summed E-state index contributed by atoms with van der Waals surface area (Å²) in [6, 6.07) is 0. The number of rotatable bonds is 0. The van der Waals surface area contributed by atoms with Crippen LogP contribution in [0.15, 0.2) is 0 Å². The van der Waals surface area contributed by atoms with E-state index < -0.39 is 0 Å². The molecule has 0 saturated heterocycles. The van der Waals surface area contributed by atoms with Crippen LogP contribution >= 0.6 is 0 Å². The first kappa shape index (κ1) is 7.97. The molecule has 13 heavy (non-hydrogen) atoms. The SMILES string of the molecule is Cc1nnc2c(c(N)nn2C)c1C. The van der Waals surface area contributed by atoms with Crippen molar-refractivity contribution in [2.75, 3.05) is 5.73 Å². The van der Waals surface area contributed by atoms with E-state index in [-0.39, 0.29) is 0 Å². The number of fused-ring (bicyclic) bond motifs is 1. The Morgan fingerprint density at radius 3 is 2.62 bits per heavy atom. The van der Waals surface area contributed by atoms with E-state index in [1.54, 1.807) is 4.68 Å². The number of nitrogen functional groups attached to an aromatic ring is 1. The molecule has 2 heterocycles. The number of hydrogen-bond donors (Lipinski definition) is 1. The van der Waals surface area contributed by atoms with Crippen molar-refractivity contribution in [1.82, 2.24) is 20.0 Å². The lowest BCUT2D eigenvalue weighted by molar-refractivity contribution is 0.779. The molecule has 0 atom stereocenters. The van der Waals surface area contributed by atoms with Gasteiger partial charge in [-0.15, -0.1) is 5.10 Å². The first-order valence-corrected chi connectivity index (χ1v) is 4.03. The molecule has 0 spiro atoms. The third kappa shape index (κ3) is 0.965. The van der Waals surface area contributed by atoms with Crippen molar-refractivity contribution in [1.29, 1.82) is 0 Å². The van der Waals surface area contributed by atoms with Gasteiger partial charge < -0.3 is 5.73 Å². The fraction of sp³-hybridized carbons (Fsp3) is 0.375. The molecule has 2 aromatic heterocycles. The highest BCUT2D eigenvalue weighted by Crippen LogP contribution is 2.22. The maximum absolute atomic E-state index is 5.75. The summed E-state index contributed by atoms with van der Waals surface area (Å²) in [6.07, 6.45) is 0. The minimum Gasteiger partial charge on any atom is -0.382 e. The fourth-order valence-electron chi connectivity index (χ4n) is 1.39. The molecule has 0 bridgehead atoms. The van der Waals surface area contributed by atoms with Crippen molar-refractivity contribution in [2.24, 2.45) is 7.05 Å². The van der Waals surface area contributed by atoms with E-state index in [2.05, 4.69) is 15.3 Å². The maximum atomic E-state index is 5.75. The molecular weight excluding hydrogens is 166 g/mol. The van der Waals surface area contributed by atoms with Gasteiger partial charge in [-0.25, -0.2) is 4.68 Å². The monoisotopic (exact) mass is 177 g/mol. The lowest BCUT2D eigenvalue weighted by atomic mass is 10.2. The highest BCUT2D eigenvalue weighted by atomic mass is 15.3. The van der Waals surface area contributed by atoms with E-state index in [1.807, 2.05) is 20.9 Å². The zero-order valence-corrected chi connectivity index (χ0v) is 7.87. The lowest BCUT2D eigenvalue weighted by Gasteiger charge is -1.98. The average molecular weight is 177 g/mol. The van der Waals surface area contributed by atoms with Gasteiger partial charge in [0, 0.05) is 7.05 Å². The molecule has 0 aliphatic rings. The predicted molar refractivity (Wildman–Crippen MR) is 50.2 cm³/mol. The van der Waals surface area contributed by atoms with Gasteiger partial charge in [0.25, 0.3) is 0 Å². The van der Waals surface area contributed by atoms with Crippen LogP contribution in [0.3, 0.4) is 0 Å². The summed E-state index contributed by atoms with van der Waals surface area (Å²) in [6.45, 7) is 3.89. The number of nitrogens with zero attached hydrogens (tertiary/aromatic N) is 4. The Hall–Kier alpha value is -1.65. The van der Waals surface area contributed by atoms with Crippen LogP contribution in [0.1, 0.15) is 11.3 Å². The zero-order valence-electron chi connectivity index (χ0n) is 7.87. The van der Waals surface area contributed by atoms with Crippen molar-refractivity contribution in [3.8, 4) is 0 Å². The van der Waals surface area contributed by atoms with Crippen LogP contribution in [0.5, 0.6) is 0 Å². The Bertz CT molecular complexity index is 471. The van der Waals surface area contributed by atoms with E-state index in [0.717, 1.165) is 22.3 Å². The minimum absolute atomic E-state index is 0.521. The molecule has 0 unspecified atom stereocenters. The number of hydrogen-bond acceptors (Lipinski definition) is 4. The minimum atomic E-state index is 0.521. The molecule has 2 N–H and O–H groups in total. The number of aromatic nitrogens is 4. The van der Waals surface area contributed by atoms with E-state index in [0.29, 0.717) is 5.82 Å². The second-order valence-electron chi connectivity index (χ2n) is 3.12. The molecule has 5 heteroatoms. The summed E-state index contributed by atoms with van der Waals surface area (Å²) in [5.74, 6) is 0.521. The van der Waals surface area contributed by atoms with Gasteiger partial charge in [0.1, 0.15) is 0 Å². The van der Waals surface area contributed by atoms with Crippen LogP contribution in [-0.2, 0) is 7.05 Å². The first-order valence-electron chi connectivity index (χ1n) is 4.03. The van der Waals surface area contributed by atoms with Gasteiger partial charge in [0.2, 0.25) is 0 Å². The number of anilines is 1. The second kappa shape index (κ2) is 2.42. The predicted octanol–water partition coefficient (Wildman–Crippen LogP) is 0.562. The summed E-state index contributed by atoms with van der Waals surface area (Å²) in [5.41, 5.74) is 8.43. The maximum Gasteiger partial charge on any atom is 0.182 e. The Labute approximate surface area is 75.6 Å². The van der Waals surface area contributed by atoms with Crippen LogP contribution in [0.25, 0.3) is 11.0 Å². The third-order valence-corrected chi connectivity index (χ3v) is 2.26. The molecule has 0 aliphatic heterocycles.